The first-order valence-electron chi connectivity index (χ1n) is 11.2. The van der Waals surface area contributed by atoms with Crippen LogP contribution in [0.4, 0.5) is 5.69 Å². The molecule has 0 saturated carbocycles. The van der Waals surface area contributed by atoms with Gasteiger partial charge in [0.05, 0.1) is 6.04 Å². The minimum absolute atomic E-state index is 0.0352. The van der Waals surface area contributed by atoms with E-state index in [1.807, 2.05) is 31.2 Å². The lowest BCUT2D eigenvalue weighted by Gasteiger charge is -2.38. The summed E-state index contributed by atoms with van der Waals surface area (Å²) in [5.41, 5.74) is 5.20. The first-order chi connectivity index (χ1) is 15.0. The van der Waals surface area contributed by atoms with Crippen LogP contribution < -0.4 is 15.0 Å². The van der Waals surface area contributed by atoms with Gasteiger partial charge in [0.1, 0.15) is 5.75 Å². The van der Waals surface area contributed by atoms with Gasteiger partial charge >= 0.3 is 0 Å². The van der Waals surface area contributed by atoms with Crippen LogP contribution in [0, 0.1) is 6.92 Å². The molecule has 6 heteroatoms. The zero-order valence-corrected chi connectivity index (χ0v) is 18.9. The van der Waals surface area contributed by atoms with Gasteiger partial charge in [-0.3, -0.25) is 9.69 Å². The van der Waals surface area contributed by atoms with Crippen LogP contribution in [-0.2, 0) is 11.2 Å². The van der Waals surface area contributed by atoms with Crippen LogP contribution >= 0.6 is 0 Å². The molecule has 2 aliphatic rings. The molecule has 1 unspecified atom stereocenters. The van der Waals surface area contributed by atoms with E-state index in [1.54, 1.807) is 0 Å². The largest absolute Gasteiger partial charge is 0.484 e. The van der Waals surface area contributed by atoms with Gasteiger partial charge in [0, 0.05) is 52.0 Å². The van der Waals surface area contributed by atoms with Crippen LogP contribution in [0.25, 0.3) is 0 Å². The summed E-state index contributed by atoms with van der Waals surface area (Å²) in [7, 11) is 4.32. The summed E-state index contributed by atoms with van der Waals surface area (Å²) >= 11 is 0. The summed E-state index contributed by atoms with van der Waals surface area (Å²) in [4.78, 5) is 19.7. The Labute approximate surface area is 185 Å². The molecule has 6 nitrogen and oxygen atoms in total. The maximum Gasteiger partial charge on any atom is 0.258 e. The normalized spacial score (nSPS) is 18.0. The molecule has 1 fully saturated rings. The van der Waals surface area contributed by atoms with E-state index in [-0.39, 0.29) is 18.6 Å². The van der Waals surface area contributed by atoms with Gasteiger partial charge in [0.25, 0.3) is 5.91 Å². The maximum atomic E-state index is 12.5. The van der Waals surface area contributed by atoms with Crippen molar-refractivity contribution in [3.8, 4) is 5.75 Å². The summed E-state index contributed by atoms with van der Waals surface area (Å²) in [5.74, 6) is 0.639. The van der Waals surface area contributed by atoms with Crippen molar-refractivity contribution in [2.24, 2.45) is 0 Å². The highest BCUT2D eigenvalue weighted by atomic mass is 16.5. The molecule has 4 rings (SSSR count). The van der Waals surface area contributed by atoms with E-state index in [0.717, 1.165) is 44.9 Å². The molecule has 2 aliphatic heterocycles. The lowest BCUT2D eigenvalue weighted by atomic mass is 10.00. The number of nitrogens with zero attached hydrogens (tertiary/aromatic N) is 3. The summed E-state index contributed by atoms with van der Waals surface area (Å²) in [6, 6.07) is 14.8. The summed E-state index contributed by atoms with van der Waals surface area (Å²) in [6.45, 7) is 7.85. The highest BCUT2D eigenvalue weighted by molar-refractivity contribution is 5.77. The van der Waals surface area contributed by atoms with Gasteiger partial charge in [-0.2, -0.15) is 0 Å². The molecule has 31 heavy (non-hydrogen) atoms. The topological polar surface area (TPSA) is 48.1 Å². The van der Waals surface area contributed by atoms with Gasteiger partial charge in [0.2, 0.25) is 0 Å². The van der Waals surface area contributed by atoms with E-state index in [2.05, 4.69) is 52.3 Å². The van der Waals surface area contributed by atoms with Crippen LogP contribution in [0.15, 0.2) is 42.5 Å². The molecule has 0 radical (unpaired) electrons. The van der Waals surface area contributed by atoms with Gasteiger partial charge in [-0.1, -0.05) is 29.8 Å². The van der Waals surface area contributed by atoms with Crippen molar-refractivity contribution in [2.75, 3.05) is 64.9 Å². The lowest BCUT2D eigenvalue weighted by Crippen LogP contribution is -2.48. The molecule has 0 spiro atoms. The molecule has 1 amide bonds. The number of hydrogen-bond donors (Lipinski definition) is 1. The lowest BCUT2D eigenvalue weighted by molar-refractivity contribution is -0.123. The molecule has 1 atom stereocenters. The van der Waals surface area contributed by atoms with Crippen LogP contribution in [0.5, 0.6) is 5.75 Å². The number of amides is 1. The fraction of sp³-hybridized carbons (Fsp3) is 0.480. The van der Waals surface area contributed by atoms with Crippen LogP contribution in [0.3, 0.4) is 0 Å². The highest BCUT2D eigenvalue weighted by Crippen LogP contribution is 2.31. The van der Waals surface area contributed by atoms with Crippen LogP contribution in [0.2, 0.25) is 0 Å². The van der Waals surface area contributed by atoms with Crippen molar-refractivity contribution >= 4 is 11.6 Å². The number of anilines is 1. The minimum Gasteiger partial charge on any atom is -0.484 e. The van der Waals surface area contributed by atoms with Gasteiger partial charge in [0.15, 0.2) is 6.61 Å². The van der Waals surface area contributed by atoms with Crippen molar-refractivity contribution in [3.63, 3.8) is 0 Å². The molecular weight excluding hydrogens is 388 g/mol. The molecule has 2 aromatic carbocycles. The summed E-state index contributed by atoms with van der Waals surface area (Å²) in [5, 5.41) is 3.12. The Morgan fingerprint density at radius 3 is 2.52 bits per heavy atom. The number of aryl methyl sites for hydroxylation is 1. The Morgan fingerprint density at radius 1 is 1.03 bits per heavy atom. The maximum absolute atomic E-state index is 12.5. The third-order valence-electron chi connectivity index (χ3n) is 6.48. The number of likely N-dealkylation sites (N-methyl/N-ethyl adjacent to an activating group) is 2. The predicted molar refractivity (Wildman–Crippen MR) is 125 cm³/mol. The molecule has 0 aliphatic carbocycles. The SMILES string of the molecule is Cc1ccc(OCC(=O)NCC(c2ccc3c(c2)CCN3C)N2CCN(C)CC2)cc1. The third-order valence-corrected chi connectivity index (χ3v) is 6.48. The second-order valence-electron chi connectivity index (χ2n) is 8.82. The number of fused-ring (bicyclic) bond motifs is 1. The average Bonchev–Trinajstić information content (AvgIpc) is 3.15. The number of nitrogens with one attached hydrogen (secondary N) is 1. The average molecular weight is 423 g/mol. The van der Waals surface area contributed by atoms with E-state index in [1.165, 1.54) is 22.4 Å². The Morgan fingerprint density at radius 2 is 1.77 bits per heavy atom. The Hall–Kier alpha value is -2.57. The summed E-state index contributed by atoms with van der Waals surface area (Å²) in [6.07, 6.45) is 1.09. The van der Waals surface area contributed by atoms with Gasteiger partial charge < -0.3 is 19.9 Å². The molecule has 0 bridgehead atoms. The van der Waals surface area contributed by atoms with E-state index in [4.69, 9.17) is 4.74 Å². The first-order valence-corrected chi connectivity index (χ1v) is 11.2. The number of carbonyl (C=O) groups excluding carboxylic acids is 1. The Kier molecular flexibility index (Phi) is 6.78. The van der Waals surface area contributed by atoms with Gasteiger partial charge in [-0.05, 0) is 49.7 Å². The fourth-order valence-corrected chi connectivity index (χ4v) is 4.43. The van der Waals surface area contributed by atoms with Crippen molar-refractivity contribution in [1.82, 2.24) is 15.1 Å². The number of ether oxygens (including phenoxy) is 1. The highest BCUT2D eigenvalue weighted by Gasteiger charge is 2.26. The number of piperazine rings is 1. The first kappa shape index (κ1) is 21.7. The number of hydrogen-bond acceptors (Lipinski definition) is 5. The van der Waals surface area contributed by atoms with E-state index < -0.39 is 0 Å². The third kappa shape index (κ3) is 5.38. The second kappa shape index (κ2) is 9.71. The monoisotopic (exact) mass is 422 g/mol. The number of benzene rings is 2. The molecule has 0 aromatic heterocycles. The Balaban J connectivity index is 1.41. The zero-order valence-electron chi connectivity index (χ0n) is 18.9. The smallest absolute Gasteiger partial charge is 0.258 e. The molecular formula is C25H34N4O2. The van der Waals surface area contributed by atoms with E-state index >= 15 is 0 Å². The standard InChI is InChI=1S/C25H34N4O2/c1-19-4-7-22(8-5-19)31-18-25(30)26-17-24(29-14-12-27(2)13-15-29)20-6-9-23-21(16-20)10-11-28(23)3/h4-9,16,24H,10-15,17-18H2,1-3H3,(H,26,30). The van der Waals surface area contributed by atoms with Crippen LogP contribution in [0.1, 0.15) is 22.7 Å². The summed E-state index contributed by atoms with van der Waals surface area (Å²) < 4.78 is 5.65. The number of carbonyl (C=O) groups is 1. The minimum atomic E-state index is -0.0828. The van der Waals surface area contributed by atoms with Gasteiger partial charge in [-0.15, -0.1) is 0 Å². The molecule has 1 N–H and O–H groups in total. The van der Waals surface area contributed by atoms with E-state index in [9.17, 15) is 4.79 Å². The molecule has 2 aromatic rings. The van der Waals surface area contributed by atoms with E-state index in [0.29, 0.717) is 6.54 Å². The number of rotatable bonds is 7. The van der Waals surface area contributed by atoms with Gasteiger partial charge in [-0.25, -0.2) is 0 Å². The predicted octanol–water partition coefficient (Wildman–Crippen LogP) is 2.47. The van der Waals surface area contributed by atoms with Crippen molar-refractivity contribution in [1.29, 1.82) is 0 Å². The molecule has 1 saturated heterocycles. The molecule has 166 valence electrons. The van der Waals surface area contributed by atoms with Crippen LogP contribution in [-0.4, -0.2) is 75.7 Å². The fourth-order valence-electron chi connectivity index (χ4n) is 4.43. The molecule has 2 heterocycles. The zero-order chi connectivity index (χ0) is 21.8. The van der Waals surface area contributed by atoms with Crippen molar-refractivity contribution in [2.45, 2.75) is 19.4 Å². The quantitative estimate of drug-likeness (QED) is 0.743. The second-order valence-corrected chi connectivity index (χ2v) is 8.82. The Bertz CT molecular complexity index is 891. The van der Waals surface area contributed by atoms with Crippen molar-refractivity contribution in [3.05, 3.63) is 59.2 Å². The van der Waals surface area contributed by atoms with Crippen molar-refractivity contribution < 1.29 is 9.53 Å².